The van der Waals surface area contributed by atoms with E-state index in [0.717, 1.165) is 6.42 Å². The van der Waals surface area contributed by atoms with Gasteiger partial charge in [0.2, 0.25) is 17.7 Å². The van der Waals surface area contributed by atoms with Crippen LogP contribution in [0.25, 0.3) is 0 Å². The van der Waals surface area contributed by atoms with Crippen molar-refractivity contribution in [1.82, 2.24) is 20.9 Å². The zero-order chi connectivity index (χ0) is 32.2. The predicted octanol–water partition coefficient (Wildman–Crippen LogP) is 3.13. The fourth-order valence-corrected chi connectivity index (χ4v) is 4.15. The van der Waals surface area contributed by atoms with Crippen molar-refractivity contribution in [2.45, 2.75) is 85.1 Å². The Morgan fingerprint density at radius 3 is 2.12 bits per heavy atom. The zero-order valence-corrected chi connectivity index (χ0v) is 26.2. The lowest BCUT2D eigenvalue weighted by Crippen LogP contribution is -2.47. The maximum Gasteiger partial charge on any atom is 0.253 e. The molecular weight excluding hydrogens is 548 g/mol. The molecule has 0 saturated heterocycles. The first kappa shape index (κ1) is 36.9. The summed E-state index contributed by atoms with van der Waals surface area (Å²) < 4.78 is 0. The summed E-state index contributed by atoms with van der Waals surface area (Å²) in [6.45, 7) is 12.7. The summed E-state index contributed by atoms with van der Waals surface area (Å²) in [5, 5.41) is 11.0. The average Bonchev–Trinajstić information content (AvgIpc) is 3.26. The minimum Gasteiger partial charge on any atom is -0.386 e. The highest BCUT2D eigenvalue weighted by molar-refractivity contribution is 6.12. The van der Waals surface area contributed by atoms with Crippen LogP contribution in [0.2, 0.25) is 0 Å². The molecule has 1 aliphatic rings. The van der Waals surface area contributed by atoms with Gasteiger partial charge in [-0.2, -0.15) is 0 Å². The van der Waals surface area contributed by atoms with E-state index in [9.17, 15) is 24.0 Å². The third kappa shape index (κ3) is 16.2. The van der Waals surface area contributed by atoms with E-state index in [1.54, 1.807) is 0 Å². The molecule has 0 aromatic heterocycles. The molecule has 1 unspecified atom stereocenters. The van der Waals surface area contributed by atoms with Crippen molar-refractivity contribution >= 4 is 35.2 Å². The van der Waals surface area contributed by atoms with E-state index >= 15 is 0 Å². The molecule has 1 atom stereocenters. The van der Waals surface area contributed by atoms with Crippen LogP contribution in [-0.2, 0) is 30.4 Å². The largest absolute Gasteiger partial charge is 0.386 e. The first-order chi connectivity index (χ1) is 20.5. The number of carbonyl (C=O) groups excluding carboxylic acids is 5. The number of rotatable bonds is 18. The Balaban J connectivity index is 0.00000295. The highest BCUT2D eigenvalue weighted by Gasteiger charge is 2.23. The molecule has 1 aliphatic heterocycles. The molecule has 11 nitrogen and oxygen atoms in total. The maximum absolute atomic E-state index is 13.0. The minimum atomic E-state index is -0.807. The van der Waals surface area contributed by atoms with Crippen LogP contribution in [0.4, 0.5) is 5.69 Å². The number of nitrogens with two attached hydrogens (primary N) is 1. The van der Waals surface area contributed by atoms with Crippen molar-refractivity contribution in [3.05, 3.63) is 54.4 Å². The topological polar surface area (TPSA) is 163 Å². The first-order valence-corrected chi connectivity index (χ1v) is 15.1. The van der Waals surface area contributed by atoms with Gasteiger partial charge in [0, 0.05) is 37.3 Å². The van der Waals surface area contributed by atoms with E-state index < -0.39 is 11.9 Å². The Morgan fingerprint density at radius 2 is 1.53 bits per heavy atom. The van der Waals surface area contributed by atoms with Gasteiger partial charge in [-0.1, -0.05) is 59.2 Å². The van der Waals surface area contributed by atoms with Crippen LogP contribution < -0.4 is 27.0 Å². The second kappa shape index (κ2) is 20.7. The lowest BCUT2D eigenvalue weighted by molar-refractivity contribution is -0.137. The van der Waals surface area contributed by atoms with E-state index in [2.05, 4.69) is 55.5 Å². The molecule has 0 spiro atoms. The summed E-state index contributed by atoms with van der Waals surface area (Å²) in [6.07, 6.45) is 7.60. The van der Waals surface area contributed by atoms with Crippen LogP contribution in [0, 0.1) is 5.92 Å². The molecule has 1 aromatic carbocycles. The molecule has 0 bridgehead atoms. The Hall–Kier alpha value is -4.15. The number of amides is 5. The summed E-state index contributed by atoms with van der Waals surface area (Å²) >= 11 is 0. The SMILES string of the molecule is C=C(N)NCCCC(NC(=O)CNC(=O)CCCCCN1C(=O)C=CC1=O)C(=O)Nc1ccc(CC(C)C)cc1.CCC. The van der Waals surface area contributed by atoms with E-state index in [-0.39, 0.29) is 36.6 Å². The average molecular weight is 599 g/mol. The second-order valence-electron chi connectivity index (χ2n) is 11.0. The Morgan fingerprint density at radius 1 is 0.907 bits per heavy atom. The molecule has 238 valence electrons. The van der Waals surface area contributed by atoms with Crippen LogP contribution in [0.15, 0.2) is 48.8 Å². The maximum atomic E-state index is 13.0. The van der Waals surface area contributed by atoms with Crippen LogP contribution >= 0.6 is 0 Å². The number of hydrogen-bond donors (Lipinski definition) is 5. The fraction of sp³-hybridized carbons (Fsp3) is 0.531. The normalized spacial score (nSPS) is 12.8. The monoisotopic (exact) mass is 598 g/mol. The number of imide groups is 1. The van der Waals surface area contributed by atoms with Gasteiger partial charge < -0.3 is 27.0 Å². The van der Waals surface area contributed by atoms with Gasteiger partial charge >= 0.3 is 0 Å². The summed E-state index contributed by atoms with van der Waals surface area (Å²) in [5.74, 6) is -0.913. The molecule has 43 heavy (non-hydrogen) atoms. The summed E-state index contributed by atoms with van der Waals surface area (Å²) in [6, 6.07) is 6.81. The predicted molar refractivity (Wildman–Crippen MR) is 169 cm³/mol. The summed E-state index contributed by atoms with van der Waals surface area (Å²) in [7, 11) is 0. The third-order valence-electron chi connectivity index (χ3n) is 6.17. The number of unbranched alkanes of at least 4 members (excludes halogenated alkanes) is 2. The number of benzene rings is 1. The van der Waals surface area contributed by atoms with E-state index in [4.69, 9.17) is 5.73 Å². The highest BCUT2D eigenvalue weighted by atomic mass is 16.2. The first-order valence-electron chi connectivity index (χ1n) is 15.1. The van der Waals surface area contributed by atoms with Crippen LogP contribution in [-0.4, -0.2) is 60.1 Å². The van der Waals surface area contributed by atoms with E-state index in [0.29, 0.717) is 62.6 Å². The number of carbonyl (C=O) groups is 5. The second-order valence-corrected chi connectivity index (χ2v) is 11.0. The third-order valence-corrected chi connectivity index (χ3v) is 6.17. The molecule has 6 N–H and O–H groups in total. The van der Waals surface area contributed by atoms with Crippen molar-refractivity contribution in [1.29, 1.82) is 0 Å². The van der Waals surface area contributed by atoms with Crippen LogP contribution in [0.1, 0.15) is 78.2 Å². The molecule has 0 saturated carbocycles. The van der Waals surface area contributed by atoms with Crippen molar-refractivity contribution in [2.75, 3.05) is 25.0 Å². The fourth-order valence-electron chi connectivity index (χ4n) is 4.15. The Kier molecular flexibility index (Phi) is 17.7. The van der Waals surface area contributed by atoms with Gasteiger partial charge in [0.15, 0.2) is 0 Å². The smallest absolute Gasteiger partial charge is 0.253 e. The number of nitrogens with zero attached hydrogens (tertiary/aromatic N) is 1. The molecule has 11 heteroatoms. The summed E-state index contributed by atoms with van der Waals surface area (Å²) in [4.78, 5) is 62.0. The van der Waals surface area contributed by atoms with Gasteiger partial charge in [-0.05, 0) is 55.7 Å². The molecule has 5 amide bonds. The zero-order valence-electron chi connectivity index (χ0n) is 26.2. The summed E-state index contributed by atoms with van der Waals surface area (Å²) in [5.41, 5.74) is 7.34. The molecular formula is C32H50N6O5. The van der Waals surface area contributed by atoms with Crippen LogP contribution in [0.5, 0.6) is 0 Å². The Labute approximate surface area is 256 Å². The van der Waals surface area contributed by atoms with Gasteiger partial charge in [-0.15, -0.1) is 0 Å². The minimum absolute atomic E-state index is 0.207. The highest BCUT2D eigenvalue weighted by Crippen LogP contribution is 2.14. The molecule has 1 heterocycles. The van der Waals surface area contributed by atoms with Gasteiger partial charge in [0.1, 0.15) is 6.04 Å². The van der Waals surface area contributed by atoms with E-state index in [1.165, 1.54) is 29.0 Å². The van der Waals surface area contributed by atoms with Crippen molar-refractivity contribution in [2.24, 2.45) is 11.7 Å². The lowest BCUT2D eigenvalue weighted by atomic mass is 10.0. The number of anilines is 1. The molecule has 0 fully saturated rings. The standard InChI is InChI=1S/C29H42N6O5.C3H8/c1-20(2)18-22-10-12-23(13-11-22)33-29(40)24(8-7-16-31-21(3)30)34-26(37)19-32-25(36)9-5-4-6-17-35-27(38)14-15-28(35)39;1-3-2/h10-15,20,24,31H,3-9,16-19,30H2,1-2H3,(H,32,36)(H,33,40)(H,34,37);3H2,1-2H3. The van der Waals surface area contributed by atoms with Gasteiger partial charge in [-0.25, -0.2) is 0 Å². The van der Waals surface area contributed by atoms with Crippen molar-refractivity contribution in [3.8, 4) is 0 Å². The van der Waals surface area contributed by atoms with Crippen molar-refractivity contribution < 1.29 is 24.0 Å². The quantitative estimate of drug-likeness (QED) is 0.128. The molecule has 0 radical (unpaired) electrons. The number of hydrogen-bond acceptors (Lipinski definition) is 7. The Bertz CT molecular complexity index is 1080. The van der Waals surface area contributed by atoms with Crippen molar-refractivity contribution in [3.63, 3.8) is 0 Å². The van der Waals surface area contributed by atoms with E-state index in [1.807, 2.05) is 24.3 Å². The molecule has 1 aromatic rings. The molecule has 2 rings (SSSR count). The van der Waals surface area contributed by atoms with Gasteiger partial charge in [0.05, 0.1) is 12.4 Å². The van der Waals surface area contributed by atoms with Gasteiger partial charge in [-0.3, -0.25) is 28.9 Å². The van der Waals surface area contributed by atoms with Gasteiger partial charge in [0.25, 0.3) is 11.8 Å². The number of nitrogens with one attached hydrogen (secondary N) is 4. The lowest BCUT2D eigenvalue weighted by Gasteiger charge is -2.19. The van der Waals surface area contributed by atoms with Crippen LogP contribution in [0.3, 0.4) is 0 Å². The molecule has 0 aliphatic carbocycles.